The van der Waals surface area contributed by atoms with Gasteiger partial charge in [0.05, 0.1) is 10.3 Å². The summed E-state index contributed by atoms with van der Waals surface area (Å²) in [6, 6.07) is 0.227. The summed E-state index contributed by atoms with van der Waals surface area (Å²) in [5.41, 5.74) is 0.120. The van der Waals surface area contributed by atoms with Crippen LogP contribution in [-0.4, -0.2) is 54.0 Å². The van der Waals surface area contributed by atoms with Gasteiger partial charge in [0.15, 0.2) is 0 Å². The van der Waals surface area contributed by atoms with Crippen molar-refractivity contribution in [2.24, 2.45) is 0 Å². The van der Waals surface area contributed by atoms with Gasteiger partial charge < -0.3 is 10.2 Å². The molecule has 7 nitrogen and oxygen atoms in total. The third-order valence-electron chi connectivity index (χ3n) is 5.32. The first-order chi connectivity index (χ1) is 14.1. The Balaban J connectivity index is 2.50. The summed E-state index contributed by atoms with van der Waals surface area (Å²) in [5, 5.41) is 3.03. The first kappa shape index (κ1) is 27.4. The molecule has 2 amide bonds. The predicted octanol–water partition coefficient (Wildman–Crippen LogP) is 3.28. The molecule has 0 radical (unpaired) electrons. The molecule has 0 aliphatic heterocycles. The van der Waals surface area contributed by atoms with Crippen molar-refractivity contribution in [1.82, 2.24) is 14.9 Å². The maximum atomic E-state index is 12.8. The molecule has 1 rings (SSSR count). The Labute approximate surface area is 188 Å². The minimum Gasteiger partial charge on any atom is -0.347 e. The van der Waals surface area contributed by atoms with Crippen LogP contribution in [-0.2, 0) is 19.6 Å². The zero-order chi connectivity index (χ0) is 24.0. The van der Waals surface area contributed by atoms with E-state index in [0.717, 1.165) is 0 Å². The van der Waals surface area contributed by atoms with Gasteiger partial charge in [-0.05, 0) is 74.7 Å². The molecule has 1 aliphatic rings. The summed E-state index contributed by atoms with van der Waals surface area (Å²) in [6.07, 6.45) is 7.63. The average Bonchev–Trinajstić information content (AvgIpc) is 2.59. The second-order valence-electron chi connectivity index (χ2n) is 10.0. The molecule has 0 aromatic heterocycles. The normalized spacial score (nSPS) is 19.5. The van der Waals surface area contributed by atoms with Crippen LogP contribution in [0, 0.1) is 0 Å². The molecule has 0 saturated carbocycles. The summed E-state index contributed by atoms with van der Waals surface area (Å²) in [7, 11) is -3.36. The number of hydrogen-bond donors (Lipinski definition) is 2. The van der Waals surface area contributed by atoms with E-state index < -0.39 is 20.3 Å². The maximum Gasteiger partial charge on any atom is 0.253 e. The lowest BCUT2D eigenvalue weighted by atomic mass is 9.89. The van der Waals surface area contributed by atoms with E-state index in [9.17, 15) is 18.0 Å². The summed E-state index contributed by atoms with van der Waals surface area (Å²) >= 11 is 0. The zero-order valence-corrected chi connectivity index (χ0v) is 21.2. The number of nitrogens with zero attached hydrogens (tertiary/aromatic N) is 1. The molecular formula is C23H41N3O4S. The van der Waals surface area contributed by atoms with Crippen molar-refractivity contribution in [3.8, 4) is 0 Å². The fourth-order valence-corrected chi connectivity index (χ4v) is 4.26. The molecule has 0 heterocycles. The average molecular weight is 456 g/mol. The van der Waals surface area contributed by atoms with Gasteiger partial charge in [-0.3, -0.25) is 9.59 Å². The topological polar surface area (TPSA) is 95.6 Å². The summed E-state index contributed by atoms with van der Waals surface area (Å²) in [4.78, 5) is 27.0. The molecule has 1 aliphatic carbocycles. The molecule has 0 bridgehead atoms. The van der Waals surface area contributed by atoms with Gasteiger partial charge in [0.2, 0.25) is 15.9 Å². The fourth-order valence-electron chi connectivity index (χ4n) is 3.41. The Morgan fingerprint density at radius 2 is 1.71 bits per heavy atom. The summed E-state index contributed by atoms with van der Waals surface area (Å²) < 4.78 is 25.8. The number of sulfonamides is 1. The van der Waals surface area contributed by atoms with Gasteiger partial charge in [-0.1, -0.05) is 18.2 Å². The Kier molecular flexibility index (Phi) is 9.50. The van der Waals surface area contributed by atoms with E-state index in [4.69, 9.17) is 0 Å². The van der Waals surface area contributed by atoms with Crippen LogP contribution < -0.4 is 10.0 Å². The molecule has 178 valence electrons. The molecular weight excluding hydrogens is 414 g/mol. The molecule has 2 N–H and O–H groups in total. The highest BCUT2D eigenvalue weighted by Gasteiger charge is 2.29. The summed E-state index contributed by atoms with van der Waals surface area (Å²) in [6.45, 7) is 15.2. The lowest BCUT2D eigenvalue weighted by Gasteiger charge is -2.33. The lowest BCUT2D eigenvalue weighted by molar-refractivity contribution is -0.130. The van der Waals surface area contributed by atoms with Crippen LogP contribution >= 0.6 is 0 Å². The minimum absolute atomic E-state index is 0.00679. The molecule has 8 heteroatoms. The van der Waals surface area contributed by atoms with Crippen molar-refractivity contribution in [2.75, 3.05) is 6.54 Å². The number of unbranched alkanes of at least 4 members (excludes halogenated alkanes) is 1. The third kappa shape index (κ3) is 8.07. The Hall–Kier alpha value is -1.67. The van der Waals surface area contributed by atoms with E-state index in [-0.39, 0.29) is 23.9 Å². The zero-order valence-electron chi connectivity index (χ0n) is 20.4. The highest BCUT2D eigenvalue weighted by molar-refractivity contribution is 7.90. The predicted molar refractivity (Wildman–Crippen MR) is 126 cm³/mol. The van der Waals surface area contributed by atoms with Crippen LogP contribution in [0.5, 0.6) is 0 Å². The van der Waals surface area contributed by atoms with Crippen molar-refractivity contribution in [3.05, 3.63) is 23.8 Å². The molecule has 0 fully saturated rings. The molecule has 1 unspecified atom stereocenters. The summed E-state index contributed by atoms with van der Waals surface area (Å²) in [5.74, 6) is -0.0765. The lowest BCUT2D eigenvalue weighted by Crippen LogP contribution is -2.46. The quantitative estimate of drug-likeness (QED) is 0.494. The number of hydrogen-bond acceptors (Lipinski definition) is 4. The van der Waals surface area contributed by atoms with Gasteiger partial charge in [-0.15, -0.1) is 0 Å². The molecule has 0 saturated heterocycles. The SMILES string of the molecule is CC(C)N(C(=O)C1=CCC(C)(NC(=O)CCCCNS(=O)(=O)C(C)(C)C)C=C1)C(C)C. The van der Waals surface area contributed by atoms with E-state index in [1.54, 1.807) is 26.8 Å². The van der Waals surface area contributed by atoms with Crippen molar-refractivity contribution in [2.45, 2.75) is 103 Å². The van der Waals surface area contributed by atoms with Crippen LogP contribution in [0.15, 0.2) is 23.8 Å². The van der Waals surface area contributed by atoms with E-state index >= 15 is 0 Å². The number of rotatable bonds is 10. The monoisotopic (exact) mass is 455 g/mol. The van der Waals surface area contributed by atoms with Crippen molar-refractivity contribution in [1.29, 1.82) is 0 Å². The Morgan fingerprint density at radius 1 is 1.13 bits per heavy atom. The Morgan fingerprint density at radius 3 is 2.16 bits per heavy atom. The molecule has 31 heavy (non-hydrogen) atoms. The van der Waals surface area contributed by atoms with Crippen LogP contribution in [0.4, 0.5) is 0 Å². The van der Waals surface area contributed by atoms with Gasteiger partial charge in [0.25, 0.3) is 5.91 Å². The number of carbonyl (C=O) groups excluding carboxylic acids is 2. The third-order valence-corrected chi connectivity index (χ3v) is 7.52. The first-order valence-corrected chi connectivity index (χ1v) is 12.6. The first-order valence-electron chi connectivity index (χ1n) is 11.1. The number of carbonyl (C=O) groups is 2. The minimum atomic E-state index is -3.36. The van der Waals surface area contributed by atoms with E-state index in [0.29, 0.717) is 37.8 Å². The molecule has 0 spiro atoms. The van der Waals surface area contributed by atoms with Gasteiger partial charge >= 0.3 is 0 Å². The molecule has 0 aromatic rings. The van der Waals surface area contributed by atoms with E-state index in [1.807, 2.05) is 51.7 Å². The van der Waals surface area contributed by atoms with E-state index in [2.05, 4.69) is 10.0 Å². The van der Waals surface area contributed by atoms with Gasteiger partial charge in [-0.25, -0.2) is 13.1 Å². The van der Waals surface area contributed by atoms with Crippen molar-refractivity contribution in [3.63, 3.8) is 0 Å². The standard InChI is InChI=1S/C23H41N3O4S/c1-17(2)26(18(3)4)21(28)19-12-14-23(8,15-13-19)25-20(27)11-9-10-16-24-31(29,30)22(5,6)7/h12-14,17-18,24H,9-11,15-16H2,1-8H3,(H,25,27). The smallest absolute Gasteiger partial charge is 0.253 e. The van der Waals surface area contributed by atoms with E-state index in [1.165, 1.54) is 0 Å². The van der Waals surface area contributed by atoms with Crippen LogP contribution in [0.1, 0.15) is 81.1 Å². The van der Waals surface area contributed by atoms with Gasteiger partial charge in [0.1, 0.15) is 0 Å². The van der Waals surface area contributed by atoms with Gasteiger partial charge in [-0.2, -0.15) is 0 Å². The van der Waals surface area contributed by atoms with Gasteiger partial charge in [0, 0.05) is 30.6 Å². The van der Waals surface area contributed by atoms with Crippen LogP contribution in [0.25, 0.3) is 0 Å². The van der Waals surface area contributed by atoms with Crippen molar-refractivity contribution >= 4 is 21.8 Å². The highest BCUT2D eigenvalue weighted by Crippen LogP contribution is 2.23. The largest absolute Gasteiger partial charge is 0.347 e. The second kappa shape index (κ2) is 10.8. The number of nitrogens with one attached hydrogen (secondary N) is 2. The van der Waals surface area contributed by atoms with Crippen molar-refractivity contribution < 1.29 is 18.0 Å². The maximum absolute atomic E-state index is 12.8. The Bertz CT molecular complexity index is 799. The molecule has 1 atom stereocenters. The highest BCUT2D eigenvalue weighted by atomic mass is 32.2. The second-order valence-corrected chi connectivity index (χ2v) is 12.6. The fraction of sp³-hybridized carbons (Fsp3) is 0.739. The number of amides is 2. The van der Waals surface area contributed by atoms with Crippen LogP contribution in [0.3, 0.4) is 0 Å². The molecule has 0 aromatic carbocycles. The van der Waals surface area contributed by atoms with Crippen LogP contribution in [0.2, 0.25) is 0 Å².